The molecule has 0 bridgehead atoms. The van der Waals surface area contributed by atoms with E-state index >= 15 is 0 Å². The van der Waals surface area contributed by atoms with Crippen LogP contribution in [0.3, 0.4) is 0 Å². The third kappa shape index (κ3) is 4.80. The molecule has 0 aliphatic rings. The number of hydrogen-bond acceptors (Lipinski definition) is 3. The van der Waals surface area contributed by atoms with Gasteiger partial charge in [0.15, 0.2) is 5.82 Å². The first-order valence-electron chi connectivity index (χ1n) is 8.76. The maximum Gasteiger partial charge on any atom is 0.181 e. The Balaban J connectivity index is 1.67. The number of nitrogens with zero attached hydrogens (tertiary/aromatic N) is 3. The zero-order valence-electron chi connectivity index (χ0n) is 15.6. The summed E-state index contributed by atoms with van der Waals surface area (Å²) in [5.74, 6) is 0.516. The fraction of sp³-hybridized carbons (Fsp3) is 0.286. The molecule has 3 aromatic rings. The lowest BCUT2D eigenvalue weighted by Gasteiger charge is -2.05. The number of hydrogen-bond donors (Lipinski definition) is 0. The van der Waals surface area contributed by atoms with E-state index < -0.39 is 5.82 Å². The number of Topliss-reactive ketones (excluding diaryl/α,β-unsaturated/α-hetero) is 1. The molecule has 0 aliphatic carbocycles. The minimum absolute atomic E-state index is 0.0523. The van der Waals surface area contributed by atoms with E-state index in [1.807, 2.05) is 0 Å². The van der Waals surface area contributed by atoms with Crippen LogP contribution in [0.2, 0.25) is 5.02 Å². The summed E-state index contributed by atoms with van der Waals surface area (Å²) in [4.78, 5) is 16.8. The van der Waals surface area contributed by atoms with Gasteiger partial charge in [0, 0.05) is 19.0 Å². The van der Waals surface area contributed by atoms with Gasteiger partial charge in [-0.05, 0) is 44.0 Å². The van der Waals surface area contributed by atoms with Gasteiger partial charge in [-0.15, -0.1) is 0 Å². The smallest absolute Gasteiger partial charge is 0.181 e. The lowest BCUT2D eigenvalue weighted by Crippen LogP contribution is -2.09. The van der Waals surface area contributed by atoms with Gasteiger partial charge in [0.2, 0.25) is 0 Å². The fourth-order valence-corrected chi connectivity index (χ4v) is 3.21. The van der Waals surface area contributed by atoms with Crippen LogP contribution in [0.5, 0.6) is 0 Å². The Morgan fingerprint density at radius 3 is 2.52 bits per heavy atom. The second-order valence-corrected chi connectivity index (χ2v) is 7.22. The van der Waals surface area contributed by atoms with Crippen LogP contribution in [0.1, 0.15) is 28.9 Å². The lowest BCUT2D eigenvalue weighted by molar-refractivity contribution is -0.118. The number of aryl methyl sites for hydroxylation is 4. The van der Waals surface area contributed by atoms with E-state index in [1.54, 1.807) is 17.8 Å². The highest BCUT2D eigenvalue weighted by Gasteiger charge is 2.14. The Bertz CT molecular complexity index is 977. The average Bonchev–Trinajstić information content (AvgIpc) is 2.95. The van der Waals surface area contributed by atoms with E-state index in [1.165, 1.54) is 23.3 Å². The molecule has 4 nitrogen and oxygen atoms in total. The van der Waals surface area contributed by atoms with Crippen LogP contribution in [0.4, 0.5) is 4.39 Å². The lowest BCUT2D eigenvalue weighted by atomic mass is 10.0. The molecule has 0 amide bonds. The molecule has 6 heteroatoms. The monoisotopic (exact) mass is 385 g/mol. The molecule has 27 heavy (non-hydrogen) atoms. The van der Waals surface area contributed by atoms with E-state index in [9.17, 15) is 9.18 Å². The second-order valence-electron chi connectivity index (χ2n) is 6.82. The Hall–Kier alpha value is -2.53. The molecule has 0 unspecified atom stereocenters. The standard InChI is InChI=1S/C21H21ClFN3O/c1-13-8-14(2)10-15(9-13)4-6-17(27)12-20-24-21(25-26(20)3)16-5-7-18(22)19(23)11-16/h5,7-11H,4,6,12H2,1-3H3. The topological polar surface area (TPSA) is 47.8 Å². The number of aromatic nitrogens is 3. The predicted molar refractivity (Wildman–Crippen MR) is 104 cm³/mol. The third-order valence-corrected chi connectivity index (χ3v) is 4.67. The molecule has 2 aromatic carbocycles. The average molecular weight is 386 g/mol. The molecule has 0 radical (unpaired) electrons. The Morgan fingerprint density at radius 2 is 1.85 bits per heavy atom. The quantitative estimate of drug-likeness (QED) is 0.621. The van der Waals surface area contributed by atoms with Gasteiger partial charge in [0.1, 0.15) is 17.4 Å². The summed E-state index contributed by atoms with van der Waals surface area (Å²) in [6.45, 7) is 4.11. The number of rotatable bonds is 6. The predicted octanol–water partition coefficient (Wildman–Crippen LogP) is 4.64. The first-order valence-corrected chi connectivity index (χ1v) is 9.14. The van der Waals surface area contributed by atoms with Gasteiger partial charge in [-0.25, -0.2) is 9.37 Å². The van der Waals surface area contributed by atoms with Gasteiger partial charge < -0.3 is 0 Å². The summed E-state index contributed by atoms with van der Waals surface area (Å²) in [7, 11) is 1.73. The Kier molecular flexibility index (Phi) is 5.71. The van der Waals surface area contributed by atoms with Gasteiger partial charge in [-0.3, -0.25) is 9.48 Å². The zero-order chi connectivity index (χ0) is 19.6. The summed E-state index contributed by atoms with van der Waals surface area (Å²) in [5.41, 5.74) is 4.09. The maximum absolute atomic E-state index is 13.7. The minimum Gasteiger partial charge on any atom is -0.299 e. The van der Waals surface area contributed by atoms with Crippen LogP contribution in [-0.2, 0) is 24.7 Å². The van der Waals surface area contributed by atoms with E-state index in [4.69, 9.17) is 11.6 Å². The van der Waals surface area contributed by atoms with Crippen molar-refractivity contribution in [2.45, 2.75) is 33.1 Å². The highest BCUT2D eigenvalue weighted by molar-refractivity contribution is 6.30. The SMILES string of the molecule is Cc1cc(C)cc(CCC(=O)Cc2nc(-c3ccc(Cl)c(F)c3)nn2C)c1. The van der Waals surface area contributed by atoms with E-state index in [0.717, 1.165) is 5.56 Å². The number of carbonyl (C=O) groups excluding carboxylic acids is 1. The molecule has 0 aliphatic heterocycles. The van der Waals surface area contributed by atoms with Crippen LogP contribution in [0, 0.1) is 19.7 Å². The molecular weight excluding hydrogens is 365 g/mol. The molecule has 0 fully saturated rings. The number of ketones is 1. The first-order chi connectivity index (χ1) is 12.8. The van der Waals surface area contributed by atoms with Gasteiger partial charge in [0.05, 0.1) is 11.4 Å². The molecule has 0 saturated carbocycles. The molecule has 0 saturated heterocycles. The van der Waals surface area contributed by atoms with Crippen molar-refractivity contribution in [2.75, 3.05) is 0 Å². The first kappa shape index (κ1) is 19.2. The van der Waals surface area contributed by atoms with Crippen molar-refractivity contribution in [3.05, 3.63) is 69.8 Å². The van der Waals surface area contributed by atoms with Crippen molar-refractivity contribution in [2.24, 2.45) is 7.05 Å². The molecule has 1 aromatic heterocycles. The number of carbonyl (C=O) groups is 1. The van der Waals surface area contributed by atoms with Crippen molar-refractivity contribution >= 4 is 17.4 Å². The van der Waals surface area contributed by atoms with E-state index in [-0.39, 0.29) is 17.2 Å². The van der Waals surface area contributed by atoms with Gasteiger partial charge in [-0.2, -0.15) is 5.10 Å². The summed E-state index contributed by atoms with van der Waals surface area (Å²) < 4.78 is 15.2. The van der Waals surface area contributed by atoms with Gasteiger partial charge >= 0.3 is 0 Å². The largest absolute Gasteiger partial charge is 0.299 e. The molecular formula is C21H21ClFN3O. The van der Waals surface area contributed by atoms with Gasteiger partial charge in [0.25, 0.3) is 0 Å². The second kappa shape index (κ2) is 8.01. The number of halogens is 2. The van der Waals surface area contributed by atoms with Crippen molar-refractivity contribution in [3.63, 3.8) is 0 Å². The fourth-order valence-electron chi connectivity index (χ4n) is 3.09. The van der Waals surface area contributed by atoms with Crippen LogP contribution in [0.25, 0.3) is 11.4 Å². The third-order valence-electron chi connectivity index (χ3n) is 4.36. The zero-order valence-corrected chi connectivity index (χ0v) is 16.3. The Labute approximate surface area is 163 Å². The normalized spacial score (nSPS) is 11.0. The van der Waals surface area contributed by atoms with Crippen molar-refractivity contribution < 1.29 is 9.18 Å². The van der Waals surface area contributed by atoms with Gasteiger partial charge in [-0.1, -0.05) is 40.9 Å². The number of benzene rings is 2. The van der Waals surface area contributed by atoms with Crippen LogP contribution in [-0.4, -0.2) is 20.5 Å². The summed E-state index contributed by atoms with van der Waals surface area (Å²) in [6, 6.07) is 10.8. The van der Waals surface area contributed by atoms with Crippen molar-refractivity contribution in [1.29, 1.82) is 0 Å². The van der Waals surface area contributed by atoms with E-state index in [0.29, 0.717) is 30.1 Å². The summed E-state index contributed by atoms with van der Waals surface area (Å²) in [5, 5.41) is 4.34. The van der Waals surface area contributed by atoms with Crippen molar-refractivity contribution in [3.8, 4) is 11.4 Å². The van der Waals surface area contributed by atoms with Crippen LogP contribution in [0.15, 0.2) is 36.4 Å². The maximum atomic E-state index is 13.7. The van der Waals surface area contributed by atoms with Crippen molar-refractivity contribution in [1.82, 2.24) is 14.8 Å². The highest BCUT2D eigenvalue weighted by atomic mass is 35.5. The Morgan fingerprint density at radius 1 is 1.15 bits per heavy atom. The van der Waals surface area contributed by atoms with Crippen LogP contribution < -0.4 is 0 Å². The summed E-state index contributed by atoms with van der Waals surface area (Å²) in [6.07, 6.45) is 1.35. The van der Waals surface area contributed by atoms with E-state index in [2.05, 4.69) is 42.1 Å². The molecule has 1 heterocycles. The minimum atomic E-state index is -0.521. The highest BCUT2D eigenvalue weighted by Crippen LogP contribution is 2.22. The molecule has 0 spiro atoms. The molecule has 0 N–H and O–H groups in total. The molecule has 0 atom stereocenters. The molecule has 3 rings (SSSR count). The summed E-state index contributed by atoms with van der Waals surface area (Å²) >= 11 is 5.71. The van der Waals surface area contributed by atoms with Crippen LogP contribution >= 0.6 is 11.6 Å². The molecule has 140 valence electrons.